The van der Waals surface area contributed by atoms with Gasteiger partial charge >= 0.3 is 5.97 Å². The number of carbonyl (C=O) groups is 2. The van der Waals surface area contributed by atoms with Crippen molar-refractivity contribution in [3.05, 3.63) is 58.8 Å². The van der Waals surface area contributed by atoms with Gasteiger partial charge in [0.25, 0.3) is 5.91 Å². The van der Waals surface area contributed by atoms with Gasteiger partial charge in [-0.1, -0.05) is 32.9 Å². The predicted molar refractivity (Wildman–Crippen MR) is 94.9 cm³/mol. The minimum Gasteiger partial charge on any atom is -0.478 e. The Morgan fingerprint density at radius 3 is 2.36 bits per heavy atom. The van der Waals surface area contributed by atoms with Crippen molar-refractivity contribution in [2.24, 2.45) is 0 Å². The predicted octanol–water partition coefficient (Wildman–Crippen LogP) is 3.38. The van der Waals surface area contributed by atoms with Crippen LogP contribution in [0.25, 0.3) is 0 Å². The lowest BCUT2D eigenvalue weighted by atomic mass is 9.85. The maximum Gasteiger partial charge on any atom is 0.336 e. The summed E-state index contributed by atoms with van der Waals surface area (Å²) in [4.78, 5) is 28.2. The maximum absolute atomic E-state index is 12.5. The summed E-state index contributed by atoms with van der Waals surface area (Å²) < 4.78 is 0. The second-order valence-corrected chi connectivity index (χ2v) is 6.89. The molecular formula is C19H22N2O4. The number of aliphatic hydroxyl groups excluding tert-OH is 1. The number of hydrogen-bond acceptors (Lipinski definition) is 4. The monoisotopic (exact) mass is 342 g/mol. The minimum atomic E-state index is -1.16. The third kappa shape index (κ3) is 4.42. The van der Waals surface area contributed by atoms with Crippen molar-refractivity contribution in [3.8, 4) is 0 Å². The zero-order chi connectivity index (χ0) is 18.8. The van der Waals surface area contributed by atoms with Crippen LogP contribution in [0.2, 0.25) is 0 Å². The fourth-order valence-electron chi connectivity index (χ4n) is 2.32. The smallest absolute Gasteiger partial charge is 0.336 e. The highest BCUT2D eigenvalue weighted by atomic mass is 16.4. The van der Waals surface area contributed by atoms with Gasteiger partial charge in [0, 0.05) is 0 Å². The Bertz CT molecular complexity index is 807. The molecule has 132 valence electrons. The van der Waals surface area contributed by atoms with E-state index < -0.39 is 18.0 Å². The molecule has 0 fully saturated rings. The van der Waals surface area contributed by atoms with Gasteiger partial charge < -0.3 is 15.5 Å². The first kappa shape index (κ1) is 18.6. The molecule has 0 aliphatic rings. The Morgan fingerprint density at radius 1 is 1.12 bits per heavy atom. The quantitative estimate of drug-likeness (QED) is 0.791. The summed E-state index contributed by atoms with van der Waals surface area (Å²) in [5.41, 5.74) is 1.02. The first-order valence-corrected chi connectivity index (χ1v) is 7.94. The number of amides is 1. The number of pyridine rings is 1. The fraction of sp³-hybridized carbons (Fsp3) is 0.316. The molecule has 2 rings (SSSR count). The highest BCUT2D eigenvalue weighted by Gasteiger charge is 2.22. The molecule has 6 heteroatoms. The summed E-state index contributed by atoms with van der Waals surface area (Å²) in [5.74, 6) is -1.48. The number of hydrogen-bond donors (Lipinski definition) is 3. The molecule has 1 heterocycles. The standard InChI is InChI=1S/C19H22N2O4/c1-11(22)15-6-5-7-16(20-15)21-17(23)13-9-8-12(19(2,3)4)10-14(13)18(24)25/h5-11,22H,1-4H3,(H,24,25)(H,20,21,23)/t11-/m1/s1. The Morgan fingerprint density at radius 2 is 1.80 bits per heavy atom. The van der Waals surface area contributed by atoms with E-state index in [0.717, 1.165) is 5.56 Å². The molecule has 0 spiro atoms. The largest absolute Gasteiger partial charge is 0.478 e. The van der Waals surface area contributed by atoms with Crippen LogP contribution in [-0.4, -0.2) is 27.1 Å². The van der Waals surface area contributed by atoms with Crippen LogP contribution >= 0.6 is 0 Å². The van der Waals surface area contributed by atoms with E-state index >= 15 is 0 Å². The molecule has 0 saturated heterocycles. The highest BCUT2D eigenvalue weighted by molar-refractivity contribution is 6.10. The summed E-state index contributed by atoms with van der Waals surface area (Å²) in [6, 6.07) is 9.66. The maximum atomic E-state index is 12.5. The van der Waals surface area contributed by atoms with E-state index in [1.807, 2.05) is 20.8 Å². The zero-order valence-corrected chi connectivity index (χ0v) is 14.7. The van der Waals surface area contributed by atoms with Gasteiger partial charge in [0.05, 0.1) is 22.9 Å². The van der Waals surface area contributed by atoms with E-state index in [0.29, 0.717) is 5.69 Å². The van der Waals surface area contributed by atoms with Crippen molar-refractivity contribution in [1.29, 1.82) is 0 Å². The minimum absolute atomic E-state index is 0.0587. The molecule has 0 aliphatic carbocycles. The molecule has 0 aliphatic heterocycles. The van der Waals surface area contributed by atoms with Crippen molar-refractivity contribution in [2.45, 2.75) is 39.2 Å². The number of aliphatic hydroxyl groups is 1. The van der Waals surface area contributed by atoms with E-state index in [2.05, 4.69) is 10.3 Å². The Kier molecular flexibility index (Phi) is 5.23. The van der Waals surface area contributed by atoms with Gasteiger partial charge in [-0.15, -0.1) is 0 Å². The van der Waals surface area contributed by atoms with Crippen LogP contribution in [0.3, 0.4) is 0 Å². The Hall–Kier alpha value is -2.73. The summed E-state index contributed by atoms with van der Waals surface area (Å²) in [5, 5.41) is 21.6. The van der Waals surface area contributed by atoms with Gasteiger partial charge in [-0.25, -0.2) is 9.78 Å². The van der Waals surface area contributed by atoms with E-state index in [1.165, 1.54) is 12.1 Å². The van der Waals surface area contributed by atoms with E-state index in [9.17, 15) is 19.8 Å². The molecule has 1 aromatic carbocycles. The number of carboxylic acid groups (broad SMARTS) is 1. The molecule has 6 nitrogen and oxygen atoms in total. The third-order valence-electron chi connectivity index (χ3n) is 3.80. The lowest BCUT2D eigenvalue weighted by Crippen LogP contribution is -2.19. The average molecular weight is 342 g/mol. The van der Waals surface area contributed by atoms with Gasteiger partial charge in [0.1, 0.15) is 5.82 Å². The number of carboxylic acids is 1. The van der Waals surface area contributed by atoms with Gasteiger partial charge in [0.2, 0.25) is 0 Å². The third-order valence-corrected chi connectivity index (χ3v) is 3.80. The van der Waals surface area contributed by atoms with Crippen LogP contribution in [0.1, 0.15) is 65.8 Å². The first-order valence-electron chi connectivity index (χ1n) is 7.94. The molecule has 2 aromatic rings. The number of anilines is 1. The molecule has 3 N–H and O–H groups in total. The molecule has 1 atom stereocenters. The number of rotatable bonds is 4. The number of aromatic carboxylic acids is 1. The molecule has 1 aromatic heterocycles. The van der Waals surface area contributed by atoms with Crippen molar-refractivity contribution in [3.63, 3.8) is 0 Å². The molecular weight excluding hydrogens is 320 g/mol. The number of nitrogens with zero attached hydrogens (tertiary/aromatic N) is 1. The lowest BCUT2D eigenvalue weighted by molar-refractivity contribution is 0.0692. The molecule has 0 saturated carbocycles. The van der Waals surface area contributed by atoms with Crippen LogP contribution in [0.4, 0.5) is 5.82 Å². The van der Waals surface area contributed by atoms with E-state index in [-0.39, 0.29) is 22.4 Å². The van der Waals surface area contributed by atoms with Crippen molar-refractivity contribution >= 4 is 17.7 Å². The van der Waals surface area contributed by atoms with Crippen LogP contribution in [0, 0.1) is 0 Å². The van der Waals surface area contributed by atoms with Crippen LogP contribution in [0.5, 0.6) is 0 Å². The Balaban J connectivity index is 2.36. The summed E-state index contributed by atoms with van der Waals surface area (Å²) in [7, 11) is 0. The summed E-state index contributed by atoms with van der Waals surface area (Å²) >= 11 is 0. The topological polar surface area (TPSA) is 99.5 Å². The molecule has 0 unspecified atom stereocenters. The average Bonchev–Trinajstić information content (AvgIpc) is 2.53. The van der Waals surface area contributed by atoms with Crippen LogP contribution in [0.15, 0.2) is 36.4 Å². The van der Waals surface area contributed by atoms with Crippen molar-refractivity contribution < 1.29 is 19.8 Å². The van der Waals surface area contributed by atoms with Gasteiger partial charge in [-0.05, 0) is 42.2 Å². The number of carbonyl (C=O) groups excluding carboxylic acids is 1. The van der Waals surface area contributed by atoms with Crippen molar-refractivity contribution in [2.75, 3.05) is 5.32 Å². The summed E-state index contributed by atoms with van der Waals surface area (Å²) in [6.45, 7) is 7.49. The number of benzene rings is 1. The first-order chi connectivity index (χ1) is 11.6. The van der Waals surface area contributed by atoms with E-state index in [4.69, 9.17) is 0 Å². The van der Waals surface area contributed by atoms with Crippen LogP contribution < -0.4 is 5.32 Å². The molecule has 1 amide bonds. The lowest BCUT2D eigenvalue weighted by Gasteiger charge is -2.20. The molecule has 25 heavy (non-hydrogen) atoms. The van der Waals surface area contributed by atoms with Crippen LogP contribution in [-0.2, 0) is 5.41 Å². The second-order valence-electron chi connectivity index (χ2n) is 6.89. The Labute approximate surface area is 146 Å². The van der Waals surface area contributed by atoms with Crippen molar-refractivity contribution in [1.82, 2.24) is 4.98 Å². The fourth-order valence-corrected chi connectivity index (χ4v) is 2.32. The molecule has 0 bridgehead atoms. The normalized spacial score (nSPS) is 12.5. The molecule has 0 radical (unpaired) electrons. The van der Waals surface area contributed by atoms with Gasteiger partial charge in [-0.2, -0.15) is 0 Å². The number of nitrogens with one attached hydrogen (secondary N) is 1. The SMILES string of the molecule is C[C@@H](O)c1cccc(NC(=O)c2ccc(C(C)(C)C)cc2C(=O)O)n1. The highest BCUT2D eigenvalue weighted by Crippen LogP contribution is 2.25. The van der Waals surface area contributed by atoms with Gasteiger partial charge in [0.15, 0.2) is 0 Å². The van der Waals surface area contributed by atoms with E-state index in [1.54, 1.807) is 31.2 Å². The summed E-state index contributed by atoms with van der Waals surface area (Å²) in [6.07, 6.45) is -0.766. The zero-order valence-electron chi connectivity index (χ0n) is 14.7. The number of aromatic nitrogens is 1. The second kappa shape index (κ2) is 7.03. The van der Waals surface area contributed by atoms with Gasteiger partial charge in [-0.3, -0.25) is 4.79 Å².